The number of rotatable bonds is 2. The zero-order valence-corrected chi connectivity index (χ0v) is 9.99. The van der Waals surface area contributed by atoms with Crippen molar-refractivity contribution in [3.8, 4) is 5.69 Å². The van der Waals surface area contributed by atoms with Crippen LogP contribution in [0.25, 0.3) is 5.69 Å². The third-order valence-electron chi connectivity index (χ3n) is 2.65. The molecule has 16 heavy (non-hydrogen) atoms. The van der Waals surface area contributed by atoms with E-state index in [9.17, 15) is 0 Å². The van der Waals surface area contributed by atoms with E-state index < -0.39 is 0 Å². The van der Waals surface area contributed by atoms with E-state index in [1.54, 1.807) is 4.68 Å². The van der Waals surface area contributed by atoms with Crippen molar-refractivity contribution < 1.29 is 0 Å². The molecular weight excluding hydrogens is 224 g/mol. The molecule has 1 aromatic carbocycles. The summed E-state index contributed by atoms with van der Waals surface area (Å²) in [5.74, 6) is 0. The predicted molar refractivity (Wildman–Crippen MR) is 63.7 cm³/mol. The third kappa shape index (κ3) is 1.70. The number of nitrogens with two attached hydrogens (primary N) is 1. The minimum atomic E-state index is 0.394. The number of nitrogens with zero attached hydrogens (tertiary/aromatic N) is 3. The molecule has 5 heteroatoms. The van der Waals surface area contributed by atoms with Crippen molar-refractivity contribution in [3.05, 3.63) is 40.2 Å². The second-order valence-electron chi connectivity index (χ2n) is 3.62. The molecular formula is C11H13ClN4. The topological polar surface area (TPSA) is 56.7 Å². The first-order valence-electron chi connectivity index (χ1n) is 5.02. The first-order valence-corrected chi connectivity index (χ1v) is 5.39. The Kier molecular flexibility index (Phi) is 2.94. The monoisotopic (exact) mass is 236 g/mol. The molecule has 0 fully saturated rings. The second-order valence-corrected chi connectivity index (χ2v) is 4.03. The Balaban J connectivity index is 2.59. The maximum atomic E-state index is 6.07. The molecule has 1 heterocycles. The molecule has 1 aromatic heterocycles. The van der Waals surface area contributed by atoms with E-state index >= 15 is 0 Å². The molecule has 2 N–H and O–H groups in total. The second kappa shape index (κ2) is 4.23. The summed E-state index contributed by atoms with van der Waals surface area (Å²) in [6, 6.07) is 5.72. The Bertz CT molecular complexity index is 519. The number of hydrogen-bond donors (Lipinski definition) is 1. The summed E-state index contributed by atoms with van der Waals surface area (Å²) in [5, 5.41) is 8.84. The van der Waals surface area contributed by atoms with E-state index in [0.717, 1.165) is 27.7 Å². The zero-order chi connectivity index (χ0) is 11.7. The number of aromatic nitrogens is 3. The molecule has 0 amide bonds. The van der Waals surface area contributed by atoms with Crippen molar-refractivity contribution in [1.82, 2.24) is 15.0 Å². The van der Waals surface area contributed by atoms with Crippen LogP contribution >= 0.6 is 11.6 Å². The Labute approximate surface area is 99.0 Å². The van der Waals surface area contributed by atoms with Crippen LogP contribution in [-0.2, 0) is 6.54 Å². The molecule has 0 spiro atoms. The fraction of sp³-hybridized carbons (Fsp3) is 0.273. The van der Waals surface area contributed by atoms with Crippen LogP contribution < -0.4 is 5.73 Å². The zero-order valence-electron chi connectivity index (χ0n) is 9.24. The lowest BCUT2D eigenvalue weighted by molar-refractivity contribution is 0.778. The average Bonchev–Trinajstić information content (AvgIpc) is 2.64. The number of halogens is 1. The van der Waals surface area contributed by atoms with Gasteiger partial charge in [0.1, 0.15) is 0 Å². The Hall–Kier alpha value is -1.39. The SMILES string of the molecule is Cc1c(Cl)cccc1-n1nnc(CN)c1C. The van der Waals surface area contributed by atoms with Crippen LogP contribution in [0.3, 0.4) is 0 Å². The van der Waals surface area contributed by atoms with Crippen molar-refractivity contribution in [2.24, 2.45) is 5.73 Å². The first kappa shape index (κ1) is 11.1. The fourth-order valence-electron chi connectivity index (χ4n) is 1.60. The summed E-state index contributed by atoms with van der Waals surface area (Å²) < 4.78 is 1.77. The highest BCUT2D eigenvalue weighted by Crippen LogP contribution is 2.22. The lowest BCUT2D eigenvalue weighted by atomic mass is 10.2. The van der Waals surface area contributed by atoms with E-state index in [1.165, 1.54) is 0 Å². The van der Waals surface area contributed by atoms with Gasteiger partial charge in [-0.05, 0) is 31.5 Å². The fourth-order valence-corrected chi connectivity index (χ4v) is 1.77. The normalized spacial score (nSPS) is 10.8. The molecule has 0 aliphatic carbocycles. The lowest BCUT2D eigenvalue weighted by Gasteiger charge is -2.08. The molecule has 2 aromatic rings. The summed E-state index contributed by atoms with van der Waals surface area (Å²) in [6.45, 7) is 4.30. The molecule has 0 unspecified atom stereocenters. The van der Waals surface area contributed by atoms with Crippen molar-refractivity contribution in [2.75, 3.05) is 0 Å². The van der Waals surface area contributed by atoms with Gasteiger partial charge in [-0.15, -0.1) is 5.10 Å². The van der Waals surface area contributed by atoms with Crippen LogP contribution in [0.5, 0.6) is 0 Å². The average molecular weight is 237 g/mol. The van der Waals surface area contributed by atoms with Gasteiger partial charge in [0, 0.05) is 11.6 Å². The van der Waals surface area contributed by atoms with Crippen LogP contribution in [-0.4, -0.2) is 15.0 Å². The summed E-state index contributed by atoms with van der Waals surface area (Å²) in [5.41, 5.74) is 9.25. The molecule has 0 atom stereocenters. The highest BCUT2D eigenvalue weighted by molar-refractivity contribution is 6.31. The van der Waals surface area contributed by atoms with Gasteiger partial charge in [-0.3, -0.25) is 0 Å². The smallest absolute Gasteiger partial charge is 0.0996 e. The van der Waals surface area contributed by atoms with E-state index in [0.29, 0.717) is 6.54 Å². The molecule has 0 saturated heterocycles. The van der Waals surface area contributed by atoms with Crippen LogP contribution in [0.1, 0.15) is 17.0 Å². The molecule has 0 bridgehead atoms. The maximum absolute atomic E-state index is 6.07. The first-order chi connectivity index (χ1) is 7.65. The Morgan fingerprint density at radius 1 is 1.38 bits per heavy atom. The van der Waals surface area contributed by atoms with Crippen LogP contribution in [0, 0.1) is 13.8 Å². The molecule has 0 saturated carbocycles. The molecule has 0 aliphatic heterocycles. The molecule has 4 nitrogen and oxygen atoms in total. The van der Waals surface area contributed by atoms with Crippen molar-refractivity contribution in [2.45, 2.75) is 20.4 Å². The van der Waals surface area contributed by atoms with E-state index in [1.807, 2.05) is 32.0 Å². The van der Waals surface area contributed by atoms with E-state index in [-0.39, 0.29) is 0 Å². The van der Waals surface area contributed by atoms with Gasteiger partial charge >= 0.3 is 0 Å². The molecule has 0 aliphatic rings. The van der Waals surface area contributed by atoms with Gasteiger partial charge in [-0.25, -0.2) is 4.68 Å². The van der Waals surface area contributed by atoms with Gasteiger partial charge in [0.25, 0.3) is 0 Å². The van der Waals surface area contributed by atoms with Crippen molar-refractivity contribution >= 4 is 11.6 Å². The maximum Gasteiger partial charge on any atom is 0.0996 e. The van der Waals surface area contributed by atoms with E-state index in [2.05, 4.69) is 10.3 Å². The minimum absolute atomic E-state index is 0.394. The van der Waals surface area contributed by atoms with Gasteiger partial charge in [-0.2, -0.15) is 0 Å². The quantitative estimate of drug-likeness (QED) is 0.868. The third-order valence-corrected chi connectivity index (χ3v) is 3.06. The molecule has 0 radical (unpaired) electrons. The summed E-state index contributed by atoms with van der Waals surface area (Å²) >= 11 is 6.07. The van der Waals surface area contributed by atoms with Crippen molar-refractivity contribution in [1.29, 1.82) is 0 Å². The van der Waals surface area contributed by atoms with Gasteiger partial charge < -0.3 is 5.73 Å². The number of hydrogen-bond acceptors (Lipinski definition) is 3. The summed E-state index contributed by atoms with van der Waals surface area (Å²) in [6.07, 6.45) is 0. The highest BCUT2D eigenvalue weighted by atomic mass is 35.5. The Morgan fingerprint density at radius 2 is 2.12 bits per heavy atom. The van der Waals surface area contributed by atoms with Crippen LogP contribution in [0.15, 0.2) is 18.2 Å². The molecule has 2 rings (SSSR count). The standard InChI is InChI=1S/C11H13ClN4/c1-7-9(12)4-3-5-11(7)16-8(2)10(6-13)14-15-16/h3-5H,6,13H2,1-2H3. The van der Waals surface area contributed by atoms with Crippen LogP contribution in [0.4, 0.5) is 0 Å². The van der Waals surface area contributed by atoms with Gasteiger partial charge in [0.05, 0.1) is 17.1 Å². The summed E-state index contributed by atoms with van der Waals surface area (Å²) in [7, 11) is 0. The van der Waals surface area contributed by atoms with E-state index in [4.69, 9.17) is 17.3 Å². The Morgan fingerprint density at radius 3 is 2.75 bits per heavy atom. The highest BCUT2D eigenvalue weighted by Gasteiger charge is 2.11. The largest absolute Gasteiger partial charge is 0.325 e. The van der Waals surface area contributed by atoms with Crippen LogP contribution in [0.2, 0.25) is 5.02 Å². The minimum Gasteiger partial charge on any atom is -0.325 e. The van der Waals surface area contributed by atoms with Gasteiger partial charge in [0.15, 0.2) is 0 Å². The van der Waals surface area contributed by atoms with Gasteiger partial charge in [0.2, 0.25) is 0 Å². The lowest BCUT2D eigenvalue weighted by Crippen LogP contribution is -2.03. The predicted octanol–water partition coefficient (Wildman–Crippen LogP) is 2.00. The molecule has 84 valence electrons. The summed E-state index contributed by atoms with van der Waals surface area (Å²) in [4.78, 5) is 0. The van der Waals surface area contributed by atoms with Gasteiger partial charge in [-0.1, -0.05) is 22.9 Å². The number of benzene rings is 1. The van der Waals surface area contributed by atoms with Crippen molar-refractivity contribution in [3.63, 3.8) is 0 Å².